The molecule has 1 fully saturated rings. The van der Waals surface area contributed by atoms with Crippen LogP contribution in [-0.2, 0) is 11.2 Å². The number of carbonyl (C=O) groups is 2. The summed E-state index contributed by atoms with van der Waals surface area (Å²) < 4.78 is 0. The number of ketones is 1. The minimum atomic E-state index is -0.829. The first-order chi connectivity index (χ1) is 9.56. The number of Topliss-reactive ketones (excluding diaryl/α,β-unsaturated/α-hetero) is 1. The number of aliphatic carboxylic acids is 1. The number of benzene rings is 1. The molecule has 1 N–H and O–H groups in total. The summed E-state index contributed by atoms with van der Waals surface area (Å²) in [4.78, 5) is 23.9. The molecule has 0 heterocycles. The van der Waals surface area contributed by atoms with Crippen LogP contribution < -0.4 is 0 Å². The Morgan fingerprint density at radius 3 is 2.20 bits per heavy atom. The molecular formula is C17H22O3. The van der Waals surface area contributed by atoms with Gasteiger partial charge in [0.1, 0.15) is 0 Å². The molecule has 1 aliphatic rings. The lowest BCUT2D eigenvalue weighted by molar-refractivity contribution is -0.142. The van der Waals surface area contributed by atoms with Crippen LogP contribution in [0.4, 0.5) is 0 Å². The van der Waals surface area contributed by atoms with Crippen molar-refractivity contribution < 1.29 is 14.7 Å². The highest BCUT2D eigenvalue weighted by molar-refractivity contribution is 6.00. The molecule has 3 atom stereocenters. The normalized spacial score (nSPS) is 25.6. The molecule has 3 nitrogen and oxygen atoms in total. The summed E-state index contributed by atoms with van der Waals surface area (Å²) in [6.45, 7) is 4.13. The van der Waals surface area contributed by atoms with Crippen molar-refractivity contribution in [3.63, 3.8) is 0 Å². The Morgan fingerprint density at radius 2 is 1.70 bits per heavy atom. The van der Waals surface area contributed by atoms with E-state index in [0.717, 1.165) is 12.8 Å². The van der Waals surface area contributed by atoms with Crippen LogP contribution in [0.5, 0.6) is 0 Å². The van der Waals surface area contributed by atoms with Gasteiger partial charge in [-0.05, 0) is 30.7 Å². The number of hydrogen-bond acceptors (Lipinski definition) is 2. The number of rotatable bonds is 5. The Kier molecular flexibility index (Phi) is 4.58. The minimum Gasteiger partial charge on any atom is -0.481 e. The first-order valence-corrected chi connectivity index (χ1v) is 7.42. The summed E-state index contributed by atoms with van der Waals surface area (Å²) in [5.41, 5.74) is 1.84. The van der Waals surface area contributed by atoms with Crippen molar-refractivity contribution in [2.24, 2.45) is 17.8 Å². The molecule has 3 unspecified atom stereocenters. The van der Waals surface area contributed by atoms with E-state index in [1.54, 1.807) is 0 Å². The van der Waals surface area contributed by atoms with Gasteiger partial charge in [0.15, 0.2) is 5.78 Å². The van der Waals surface area contributed by atoms with E-state index in [0.29, 0.717) is 24.3 Å². The third-order valence-corrected chi connectivity index (χ3v) is 4.54. The monoisotopic (exact) mass is 274 g/mol. The zero-order valence-electron chi connectivity index (χ0n) is 12.1. The van der Waals surface area contributed by atoms with Crippen LogP contribution in [0.3, 0.4) is 0 Å². The maximum absolute atomic E-state index is 12.6. The van der Waals surface area contributed by atoms with Crippen LogP contribution in [0.15, 0.2) is 24.3 Å². The highest BCUT2D eigenvalue weighted by Crippen LogP contribution is 2.40. The molecule has 2 rings (SSSR count). The van der Waals surface area contributed by atoms with E-state index in [1.807, 2.05) is 24.3 Å². The average molecular weight is 274 g/mol. The molecule has 1 aliphatic carbocycles. The van der Waals surface area contributed by atoms with Gasteiger partial charge in [-0.1, -0.05) is 44.5 Å². The van der Waals surface area contributed by atoms with Gasteiger partial charge in [0.2, 0.25) is 0 Å². The lowest BCUT2D eigenvalue weighted by atomic mass is 9.88. The molecule has 0 saturated heterocycles. The topological polar surface area (TPSA) is 54.4 Å². The number of carboxylic acids is 1. The fraction of sp³-hybridized carbons (Fsp3) is 0.529. The number of carboxylic acid groups (broad SMARTS) is 1. The smallest absolute Gasteiger partial charge is 0.307 e. The Labute approximate surface area is 120 Å². The molecule has 1 saturated carbocycles. The van der Waals surface area contributed by atoms with Gasteiger partial charge in [0, 0.05) is 11.5 Å². The highest BCUT2D eigenvalue weighted by atomic mass is 16.4. The maximum Gasteiger partial charge on any atom is 0.307 e. The van der Waals surface area contributed by atoms with Gasteiger partial charge in [-0.2, -0.15) is 0 Å². The van der Waals surface area contributed by atoms with Crippen molar-refractivity contribution in [1.82, 2.24) is 0 Å². The van der Waals surface area contributed by atoms with E-state index < -0.39 is 11.9 Å². The van der Waals surface area contributed by atoms with E-state index in [-0.39, 0.29) is 11.7 Å². The second-order valence-corrected chi connectivity index (χ2v) is 5.71. The summed E-state index contributed by atoms with van der Waals surface area (Å²) in [5.74, 6) is -1.34. The second kappa shape index (κ2) is 6.21. The quantitative estimate of drug-likeness (QED) is 0.835. The van der Waals surface area contributed by atoms with Crippen molar-refractivity contribution in [1.29, 1.82) is 0 Å². The molecule has 0 bridgehead atoms. The number of hydrogen-bond donors (Lipinski definition) is 1. The van der Waals surface area contributed by atoms with Crippen LogP contribution in [0.1, 0.15) is 49.0 Å². The van der Waals surface area contributed by atoms with Gasteiger partial charge in [-0.3, -0.25) is 9.59 Å². The third-order valence-electron chi connectivity index (χ3n) is 4.54. The molecular weight excluding hydrogens is 252 g/mol. The molecule has 0 amide bonds. The van der Waals surface area contributed by atoms with Crippen molar-refractivity contribution in [2.45, 2.75) is 39.5 Å². The highest BCUT2D eigenvalue weighted by Gasteiger charge is 2.42. The van der Waals surface area contributed by atoms with Gasteiger partial charge < -0.3 is 5.11 Å². The van der Waals surface area contributed by atoms with Gasteiger partial charge in [0.05, 0.1) is 5.92 Å². The van der Waals surface area contributed by atoms with Crippen LogP contribution >= 0.6 is 0 Å². The van der Waals surface area contributed by atoms with Crippen LogP contribution in [0.2, 0.25) is 0 Å². The maximum atomic E-state index is 12.6. The molecule has 0 spiro atoms. The van der Waals surface area contributed by atoms with E-state index >= 15 is 0 Å². The fourth-order valence-electron chi connectivity index (χ4n) is 3.16. The lowest BCUT2D eigenvalue weighted by Crippen LogP contribution is -2.25. The molecule has 0 radical (unpaired) electrons. The fourth-order valence-corrected chi connectivity index (χ4v) is 3.16. The van der Waals surface area contributed by atoms with Gasteiger partial charge in [-0.15, -0.1) is 0 Å². The van der Waals surface area contributed by atoms with Crippen LogP contribution in [-0.4, -0.2) is 16.9 Å². The van der Waals surface area contributed by atoms with Crippen LogP contribution in [0.25, 0.3) is 0 Å². The van der Waals surface area contributed by atoms with E-state index in [9.17, 15) is 14.7 Å². The van der Waals surface area contributed by atoms with Crippen molar-refractivity contribution in [3.8, 4) is 0 Å². The number of carbonyl (C=O) groups excluding carboxylic acids is 1. The van der Waals surface area contributed by atoms with E-state index in [2.05, 4.69) is 13.8 Å². The first kappa shape index (κ1) is 14.8. The molecule has 0 aliphatic heterocycles. The van der Waals surface area contributed by atoms with Crippen molar-refractivity contribution in [3.05, 3.63) is 35.4 Å². The Balaban J connectivity index is 2.19. The largest absolute Gasteiger partial charge is 0.481 e. The Bertz CT molecular complexity index is 489. The van der Waals surface area contributed by atoms with E-state index in [1.165, 1.54) is 5.56 Å². The average Bonchev–Trinajstić information content (AvgIpc) is 2.91. The molecule has 0 aromatic heterocycles. The van der Waals surface area contributed by atoms with Crippen LogP contribution in [0, 0.1) is 17.8 Å². The zero-order valence-corrected chi connectivity index (χ0v) is 12.1. The summed E-state index contributed by atoms with van der Waals surface area (Å²) in [7, 11) is 0. The van der Waals surface area contributed by atoms with Gasteiger partial charge in [-0.25, -0.2) is 0 Å². The number of aryl methyl sites for hydroxylation is 1. The molecule has 1 aromatic carbocycles. The summed E-state index contributed by atoms with van der Waals surface area (Å²) in [6, 6.07) is 7.57. The second-order valence-electron chi connectivity index (χ2n) is 5.71. The summed E-state index contributed by atoms with van der Waals surface area (Å²) >= 11 is 0. The van der Waals surface area contributed by atoms with Gasteiger partial charge >= 0.3 is 5.97 Å². The predicted molar refractivity (Wildman–Crippen MR) is 77.8 cm³/mol. The lowest BCUT2D eigenvalue weighted by Gasteiger charge is -2.14. The Hall–Kier alpha value is -1.64. The van der Waals surface area contributed by atoms with E-state index in [4.69, 9.17) is 0 Å². The zero-order chi connectivity index (χ0) is 14.7. The van der Waals surface area contributed by atoms with Gasteiger partial charge in [0.25, 0.3) is 0 Å². The standard InChI is InChI=1S/C17H22O3/c1-3-11-5-7-13(8-6-11)16(18)14-9-12(4-2)10-15(14)17(19)20/h5-8,12,14-15H,3-4,9-10H2,1-2H3,(H,19,20). The summed E-state index contributed by atoms with van der Waals surface area (Å²) in [6.07, 6.45) is 3.23. The van der Waals surface area contributed by atoms with Crippen molar-refractivity contribution in [2.75, 3.05) is 0 Å². The SMILES string of the molecule is CCc1ccc(C(=O)C2CC(CC)CC2C(=O)O)cc1. The molecule has 20 heavy (non-hydrogen) atoms. The Morgan fingerprint density at radius 1 is 1.10 bits per heavy atom. The third kappa shape index (κ3) is 2.92. The van der Waals surface area contributed by atoms with Crippen molar-refractivity contribution >= 4 is 11.8 Å². The molecule has 108 valence electrons. The molecule has 3 heteroatoms. The summed E-state index contributed by atoms with van der Waals surface area (Å²) in [5, 5.41) is 9.32. The first-order valence-electron chi connectivity index (χ1n) is 7.42. The predicted octanol–water partition coefficient (Wildman–Crippen LogP) is 3.57. The molecule has 1 aromatic rings. The minimum absolute atomic E-state index is 0.00370.